The first-order valence-electron chi connectivity index (χ1n) is 7.19. The van der Waals surface area contributed by atoms with Crippen LogP contribution in [-0.4, -0.2) is 49.3 Å². The van der Waals surface area contributed by atoms with Crippen molar-refractivity contribution < 1.29 is 18.6 Å². The lowest BCUT2D eigenvalue weighted by atomic mass is 10.0. The highest BCUT2D eigenvalue weighted by Crippen LogP contribution is 2.21. The molecular formula is C15H22F2N2O2. The summed E-state index contributed by atoms with van der Waals surface area (Å²) in [5.41, 5.74) is 0.577. The molecule has 1 heterocycles. The van der Waals surface area contributed by atoms with E-state index in [-0.39, 0.29) is 5.75 Å². The van der Waals surface area contributed by atoms with Gasteiger partial charge in [-0.2, -0.15) is 8.78 Å². The van der Waals surface area contributed by atoms with Crippen LogP contribution in [0.5, 0.6) is 5.75 Å². The molecular weight excluding hydrogens is 278 g/mol. The summed E-state index contributed by atoms with van der Waals surface area (Å²) in [6.07, 6.45) is 1.38. The molecule has 0 saturated carbocycles. The van der Waals surface area contributed by atoms with E-state index in [4.69, 9.17) is 0 Å². The SMILES string of the molecule is CN1CCC(NC[C@H](O)c2cccc(OC(F)F)c2)CC1. The zero-order valence-corrected chi connectivity index (χ0v) is 12.1. The monoisotopic (exact) mass is 300 g/mol. The molecule has 2 rings (SSSR count). The number of aliphatic hydroxyl groups is 1. The zero-order chi connectivity index (χ0) is 15.2. The molecule has 0 aliphatic carbocycles. The quantitative estimate of drug-likeness (QED) is 0.843. The second kappa shape index (κ2) is 7.68. The fourth-order valence-corrected chi connectivity index (χ4v) is 2.51. The molecule has 6 heteroatoms. The maximum Gasteiger partial charge on any atom is 0.387 e. The van der Waals surface area contributed by atoms with Crippen molar-refractivity contribution in [3.8, 4) is 5.75 Å². The van der Waals surface area contributed by atoms with E-state index in [0.717, 1.165) is 25.9 Å². The number of aliphatic hydroxyl groups excluding tert-OH is 1. The van der Waals surface area contributed by atoms with E-state index in [0.29, 0.717) is 18.2 Å². The van der Waals surface area contributed by atoms with E-state index in [1.165, 1.54) is 12.1 Å². The van der Waals surface area contributed by atoms with Crippen LogP contribution in [-0.2, 0) is 0 Å². The number of ether oxygens (including phenoxy) is 1. The van der Waals surface area contributed by atoms with Crippen LogP contribution >= 0.6 is 0 Å². The molecule has 0 aromatic heterocycles. The number of rotatable bonds is 6. The number of benzene rings is 1. The van der Waals surface area contributed by atoms with Gasteiger partial charge in [-0.15, -0.1) is 0 Å². The van der Waals surface area contributed by atoms with Crippen LogP contribution in [0.4, 0.5) is 8.78 Å². The van der Waals surface area contributed by atoms with Gasteiger partial charge in [0.05, 0.1) is 6.10 Å². The Labute approximate surface area is 123 Å². The van der Waals surface area contributed by atoms with Gasteiger partial charge in [0.1, 0.15) is 5.75 Å². The number of alkyl halides is 2. The van der Waals surface area contributed by atoms with Gasteiger partial charge in [-0.1, -0.05) is 12.1 Å². The molecule has 1 aromatic carbocycles. The summed E-state index contributed by atoms with van der Waals surface area (Å²) in [5.74, 6) is 0.0702. The summed E-state index contributed by atoms with van der Waals surface area (Å²) in [7, 11) is 2.10. The third kappa shape index (κ3) is 5.22. The maximum atomic E-state index is 12.2. The van der Waals surface area contributed by atoms with Gasteiger partial charge in [-0.05, 0) is 50.7 Å². The molecule has 1 saturated heterocycles. The highest BCUT2D eigenvalue weighted by atomic mass is 19.3. The van der Waals surface area contributed by atoms with Crippen LogP contribution in [0.3, 0.4) is 0 Å². The van der Waals surface area contributed by atoms with Crippen LogP contribution in [0.25, 0.3) is 0 Å². The van der Waals surface area contributed by atoms with E-state index in [9.17, 15) is 13.9 Å². The van der Waals surface area contributed by atoms with Crippen molar-refractivity contribution in [3.05, 3.63) is 29.8 Å². The lowest BCUT2D eigenvalue weighted by molar-refractivity contribution is -0.0499. The number of halogens is 2. The highest BCUT2D eigenvalue weighted by Gasteiger charge is 2.18. The number of hydrogen-bond acceptors (Lipinski definition) is 4. The Hall–Kier alpha value is -1.24. The van der Waals surface area contributed by atoms with Gasteiger partial charge >= 0.3 is 6.61 Å². The fraction of sp³-hybridized carbons (Fsp3) is 0.600. The van der Waals surface area contributed by atoms with Crippen molar-refractivity contribution in [1.82, 2.24) is 10.2 Å². The number of piperidine rings is 1. The summed E-state index contributed by atoms with van der Waals surface area (Å²) in [5, 5.41) is 13.5. The number of likely N-dealkylation sites (tertiary alicyclic amines) is 1. The fourth-order valence-electron chi connectivity index (χ4n) is 2.51. The lowest BCUT2D eigenvalue weighted by Crippen LogP contribution is -2.42. The van der Waals surface area contributed by atoms with Crippen molar-refractivity contribution in [3.63, 3.8) is 0 Å². The Morgan fingerprint density at radius 3 is 2.76 bits per heavy atom. The molecule has 1 aliphatic heterocycles. The smallest absolute Gasteiger partial charge is 0.387 e. The molecule has 0 amide bonds. The summed E-state index contributed by atoms with van der Waals surface area (Å²) < 4.78 is 28.7. The maximum absolute atomic E-state index is 12.2. The molecule has 0 radical (unpaired) electrons. The summed E-state index contributed by atoms with van der Waals surface area (Å²) in [6.45, 7) is -0.349. The minimum atomic E-state index is -2.85. The van der Waals surface area contributed by atoms with Gasteiger partial charge in [0.2, 0.25) is 0 Å². The van der Waals surface area contributed by atoms with Gasteiger partial charge < -0.3 is 20.1 Å². The second-order valence-electron chi connectivity index (χ2n) is 5.45. The van der Waals surface area contributed by atoms with E-state index in [1.807, 2.05) is 0 Å². The molecule has 1 fully saturated rings. The van der Waals surface area contributed by atoms with E-state index >= 15 is 0 Å². The molecule has 0 bridgehead atoms. The van der Waals surface area contributed by atoms with Crippen molar-refractivity contribution >= 4 is 0 Å². The van der Waals surface area contributed by atoms with Crippen molar-refractivity contribution in [2.24, 2.45) is 0 Å². The lowest BCUT2D eigenvalue weighted by Gasteiger charge is -2.30. The van der Waals surface area contributed by atoms with Gasteiger partial charge in [0, 0.05) is 12.6 Å². The Bertz CT molecular complexity index is 437. The first-order chi connectivity index (χ1) is 10.0. The largest absolute Gasteiger partial charge is 0.435 e. The summed E-state index contributed by atoms with van der Waals surface area (Å²) in [6, 6.07) is 6.61. The van der Waals surface area contributed by atoms with Gasteiger partial charge in [0.25, 0.3) is 0 Å². The molecule has 118 valence electrons. The number of nitrogens with one attached hydrogen (secondary N) is 1. The third-order valence-electron chi connectivity index (χ3n) is 3.79. The molecule has 0 spiro atoms. The Morgan fingerprint density at radius 2 is 2.10 bits per heavy atom. The van der Waals surface area contributed by atoms with Crippen LogP contribution in [0, 0.1) is 0 Å². The first kappa shape index (κ1) is 16.1. The van der Waals surface area contributed by atoms with Gasteiger partial charge in [0.15, 0.2) is 0 Å². The van der Waals surface area contributed by atoms with Crippen LogP contribution in [0.2, 0.25) is 0 Å². The van der Waals surface area contributed by atoms with Crippen molar-refractivity contribution in [2.75, 3.05) is 26.7 Å². The molecule has 4 nitrogen and oxygen atoms in total. The van der Waals surface area contributed by atoms with Crippen molar-refractivity contribution in [2.45, 2.75) is 31.6 Å². The molecule has 1 aliphatic rings. The predicted octanol–water partition coefficient (Wildman–Crippen LogP) is 2.01. The topological polar surface area (TPSA) is 44.7 Å². The first-order valence-corrected chi connectivity index (χ1v) is 7.19. The zero-order valence-electron chi connectivity index (χ0n) is 12.1. The molecule has 1 aromatic rings. The normalized spacial score (nSPS) is 18.9. The number of nitrogens with zero attached hydrogens (tertiary/aromatic N) is 1. The Balaban J connectivity index is 1.83. The molecule has 2 N–H and O–H groups in total. The summed E-state index contributed by atoms with van der Waals surface area (Å²) in [4.78, 5) is 2.28. The van der Waals surface area contributed by atoms with Gasteiger partial charge in [-0.25, -0.2) is 0 Å². The van der Waals surface area contributed by atoms with Gasteiger partial charge in [-0.3, -0.25) is 0 Å². The van der Waals surface area contributed by atoms with Crippen LogP contribution in [0.15, 0.2) is 24.3 Å². The predicted molar refractivity (Wildman–Crippen MR) is 76.6 cm³/mol. The minimum absolute atomic E-state index is 0.0702. The molecule has 1 atom stereocenters. The summed E-state index contributed by atoms with van der Waals surface area (Å²) >= 11 is 0. The van der Waals surface area contributed by atoms with E-state index < -0.39 is 12.7 Å². The highest BCUT2D eigenvalue weighted by molar-refractivity contribution is 5.30. The average molecular weight is 300 g/mol. The van der Waals surface area contributed by atoms with Crippen LogP contribution in [0.1, 0.15) is 24.5 Å². The van der Waals surface area contributed by atoms with E-state index in [2.05, 4.69) is 22.0 Å². The molecule has 0 unspecified atom stereocenters. The Morgan fingerprint density at radius 1 is 1.38 bits per heavy atom. The average Bonchev–Trinajstić information content (AvgIpc) is 2.46. The third-order valence-corrected chi connectivity index (χ3v) is 3.79. The molecule has 21 heavy (non-hydrogen) atoms. The van der Waals surface area contributed by atoms with Crippen LogP contribution < -0.4 is 10.1 Å². The van der Waals surface area contributed by atoms with Crippen molar-refractivity contribution in [1.29, 1.82) is 0 Å². The standard InChI is InChI=1S/C15H22F2N2O2/c1-19-7-5-12(6-8-19)18-10-14(20)11-3-2-4-13(9-11)21-15(16)17/h2-4,9,12,14-15,18,20H,5-8,10H2,1H3/t14-/m0/s1. The minimum Gasteiger partial charge on any atom is -0.435 e. The number of hydrogen-bond donors (Lipinski definition) is 2. The Kier molecular flexibility index (Phi) is 5.90. The van der Waals surface area contributed by atoms with E-state index in [1.54, 1.807) is 12.1 Å². The second-order valence-corrected chi connectivity index (χ2v) is 5.45.